The normalized spacial score (nSPS) is 22.6. The lowest BCUT2D eigenvalue weighted by Crippen LogP contribution is -2.57. The summed E-state index contributed by atoms with van der Waals surface area (Å²) >= 11 is 6.40. The number of hydrogen-bond donors (Lipinski definition) is 0. The number of anilines is 1. The van der Waals surface area contributed by atoms with E-state index in [1.807, 2.05) is 4.90 Å². The van der Waals surface area contributed by atoms with Gasteiger partial charge in [-0.1, -0.05) is 35.9 Å². The van der Waals surface area contributed by atoms with E-state index in [4.69, 9.17) is 32.6 Å². The number of ether oxygens (including phenoxy) is 2. The maximum atomic E-state index is 16.8. The van der Waals surface area contributed by atoms with Crippen LogP contribution in [-0.4, -0.2) is 100 Å². The molecule has 3 atom stereocenters. The summed E-state index contributed by atoms with van der Waals surface area (Å²) in [6, 6.07) is 7.28. The fourth-order valence-corrected chi connectivity index (χ4v) is 7.81. The molecule has 14 heteroatoms. The topological polar surface area (TPSA) is 88.3 Å². The summed E-state index contributed by atoms with van der Waals surface area (Å²) in [4.78, 5) is 36.0. The third kappa shape index (κ3) is 6.24. The average Bonchev–Trinajstić information content (AvgIpc) is 3.60. The molecule has 0 unspecified atom stereocenters. The average molecular weight is 708 g/mol. The highest BCUT2D eigenvalue weighted by Gasteiger charge is 2.49. The molecule has 50 heavy (non-hydrogen) atoms. The number of carbonyl (C=O) groups excluding carboxylic acids is 1. The predicted molar refractivity (Wildman–Crippen MR) is 184 cm³/mol. The van der Waals surface area contributed by atoms with E-state index < -0.39 is 41.1 Å². The second kappa shape index (κ2) is 13.0. The summed E-state index contributed by atoms with van der Waals surface area (Å²) in [6.45, 7) is 14.9. The standard InChI is InChI=1S/C36H37ClF3N7O3/c1-35(2,3)50-34(48)47-14-13-45(19-23(47)16-41-4)32-25-17-42-30(24-8-5-7-21-9-10-26(39)28(37)27(21)24)29(40)31(25)43-33(44-32)49-20-36-11-6-12-46(36)18-22(38)15-36/h5,7-10,17,22-23H,6,11-16,18-20H2,1-3H3/t22-,23+,36+/m1/s1. The molecule has 2 aromatic carbocycles. The number of carbonyl (C=O) groups is 1. The van der Waals surface area contributed by atoms with E-state index in [9.17, 15) is 13.6 Å². The second-order valence-electron chi connectivity index (χ2n) is 14.3. The van der Waals surface area contributed by atoms with Crippen LogP contribution in [0.4, 0.5) is 23.8 Å². The number of nitrogens with zero attached hydrogens (tertiary/aromatic N) is 7. The Morgan fingerprint density at radius 3 is 2.74 bits per heavy atom. The predicted octanol–water partition coefficient (Wildman–Crippen LogP) is 7.08. The molecule has 0 aliphatic carbocycles. The number of halogens is 4. The third-order valence-corrected chi connectivity index (χ3v) is 10.1. The Labute approximate surface area is 292 Å². The van der Waals surface area contributed by atoms with Crippen molar-refractivity contribution in [1.29, 1.82) is 0 Å². The summed E-state index contributed by atoms with van der Waals surface area (Å²) in [5.41, 5.74) is -1.08. The van der Waals surface area contributed by atoms with Crippen molar-refractivity contribution >= 4 is 45.2 Å². The van der Waals surface area contributed by atoms with Gasteiger partial charge in [0, 0.05) is 49.7 Å². The molecule has 4 aromatic rings. The van der Waals surface area contributed by atoms with Gasteiger partial charge in [-0.15, -0.1) is 0 Å². The van der Waals surface area contributed by atoms with E-state index in [1.165, 1.54) is 12.3 Å². The van der Waals surface area contributed by atoms with Gasteiger partial charge >= 0.3 is 12.1 Å². The molecule has 5 heterocycles. The van der Waals surface area contributed by atoms with Gasteiger partial charge in [0.15, 0.2) is 5.82 Å². The molecule has 0 saturated carbocycles. The maximum Gasteiger partial charge on any atom is 0.410 e. The van der Waals surface area contributed by atoms with Crippen LogP contribution in [0.25, 0.3) is 37.8 Å². The number of rotatable bonds is 6. The van der Waals surface area contributed by atoms with Gasteiger partial charge in [-0.25, -0.2) is 24.5 Å². The zero-order valence-corrected chi connectivity index (χ0v) is 28.8. The first-order chi connectivity index (χ1) is 23.9. The fourth-order valence-electron chi connectivity index (χ4n) is 7.54. The summed E-state index contributed by atoms with van der Waals surface area (Å²) in [6.07, 6.45) is 2.00. The van der Waals surface area contributed by atoms with Crippen LogP contribution in [0.3, 0.4) is 0 Å². The van der Waals surface area contributed by atoms with E-state index in [1.54, 1.807) is 49.9 Å². The number of piperazine rings is 1. The van der Waals surface area contributed by atoms with Crippen LogP contribution in [0, 0.1) is 18.2 Å². The molecule has 262 valence electrons. The van der Waals surface area contributed by atoms with E-state index >= 15 is 4.39 Å². The Kier molecular flexibility index (Phi) is 8.89. The lowest BCUT2D eigenvalue weighted by atomic mass is 9.95. The van der Waals surface area contributed by atoms with Crippen molar-refractivity contribution in [2.45, 2.75) is 63.4 Å². The van der Waals surface area contributed by atoms with E-state index in [-0.39, 0.29) is 59.4 Å². The second-order valence-corrected chi connectivity index (χ2v) is 14.6. The van der Waals surface area contributed by atoms with Crippen molar-refractivity contribution in [1.82, 2.24) is 24.8 Å². The molecule has 3 fully saturated rings. The Bertz CT molecular complexity index is 2020. The van der Waals surface area contributed by atoms with Crippen LogP contribution < -0.4 is 9.64 Å². The molecular formula is C36H37ClF3N7O3. The van der Waals surface area contributed by atoms with E-state index in [0.29, 0.717) is 36.1 Å². The fraction of sp³-hybridized carbons (Fsp3) is 0.472. The summed E-state index contributed by atoms with van der Waals surface area (Å²) in [7, 11) is 0. The van der Waals surface area contributed by atoms with Crippen LogP contribution in [0.1, 0.15) is 40.0 Å². The van der Waals surface area contributed by atoms with E-state index in [2.05, 4.69) is 19.7 Å². The number of benzene rings is 2. The Morgan fingerprint density at radius 2 is 1.96 bits per heavy atom. The number of aromatic nitrogens is 3. The van der Waals surface area contributed by atoms with Crippen molar-refractivity contribution < 1.29 is 27.4 Å². The van der Waals surface area contributed by atoms with Gasteiger partial charge in [0.2, 0.25) is 6.54 Å². The Balaban J connectivity index is 1.31. The summed E-state index contributed by atoms with van der Waals surface area (Å²) < 4.78 is 57.9. The van der Waals surface area contributed by atoms with Gasteiger partial charge in [-0.2, -0.15) is 9.97 Å². The largest absolute Gasteiger partial charge is 0.461 e. The minimum absolute atomic E-state index is 0.0139. The quantitative estimate of drug-likeness (QED) is 0.197. The molecule has 0 spiro atoms. The van der Waals surface area contributed by atoms with Crippen molar-refractivity contribution in [3.05, 3.63) is 64.6 Å². The van der Waals surface area contributed by atoms with Crippen LogP contribution >= 0.6 is 11.6 Å². The van der Waals surface area contributed by atoms with Gasteiger partial charge in [0.25, 0.3) is 0 Å². The summed E-state index contributed by atoms with van der Waals surface area (Å²) in [5.74, 6) is -1.10. The molecule has 3 aliphatic heterocycles. The minimum atomic E-state index is -0.962. The van der Waals surface area contributed by atoms with Gasteiger partial charge in [0.1, 0.15) is 47.3 Å². The van der Waals surface area contributed by atoms with E-state index in [0.717, 1.165) is 19.4 Å². The molecule has 7 rings (SSSR count). The van der Waals surface area contributed by atoms with Crippen molar-refractivity contribution in [3.8, 4) is 17.3 Å². The molecule has 2 aromatic heterocycles. The zero-order chi connectivity index (χ0) is 35.4. The van der Waals surface area contributed by atoms with Crippen molar-refractivity contribution in [2.75, 3.05) is 50.8 Å². The highest BCUT2D eigenvalue weighted by atomic mass is 35.5. The number of amides is 1. The summed E-state index contributed by atoms with van der Waals surface area (Å²) in [5, 5.41) is 1.06. The smallest absolute Gasteiger partial charge is 0.410 e. The number of fused-ring (bicyclic) bond motifs is 3. The van der Waals surface area contributed by atoms with Gasteiger partial charge in [-0.3, -0.25) is 14.8 Å². The zero-order valence-electron chi connectivity index (χ0n) is 28.1. The minimum Gasteiger partial charge on any atom is -0.461 e. The molecule has 0 bridgehead atoms. The molecule has 1 amide bonds. The van der Waals surface area contributed by atoms with Crippen LogP contribution in [0.5, 0.6) is 6.01 Å². The highest BCUT2D eigenvalue weighted by molar-refractivity contribution is 6.36. The first-order valence-electron chi connectivity index (χ1n) is 16.7. The molecule has 3 aliphatic rings. The van der Waals surface area contributed by atoms with Crippen molar-refractivity contribution in [2.24, 2.45) is 0 Å². The third-order valence-electron chi connectivity index (χ3n) is 9.78. The van der Waals surface area contributed by atoms with Crippen LogP contribution in [0.2, 0.25) is 5.02 Å². The molecule has 3 saturated heterocycles. The van der Waals surface area contributed by atoms with Gasteiger partial charge < -0.3 is 19.2 Å². The van der Waals surface area contributed by atoms with Crippen molar-refractivity contribution in [3.63, 3.8) is 0 Å². The number of hydrogen-bond acceptors (Lipinski definition) is 8. The molecular weight excluding hydrogens is 671 g/mol. The van der Waals surface area contributed by atoms with Crippen LogP contribution in [0.15, 0.2) is 36.5 Å². The Hall–Kier alpha value is -4.41. The highest BCUT2D eigenvalue weighted by Crippen LogP contribution is 2.42. The van der Waals surface area contributed by atoms with Gasteiger partial charge in [0.05, 0.1) is 15.9 Å². The SMILES string of the molecule is [C-]#[N+]C[C@H]1CN(c2nc(OC[C@@]34CCCN3C[C@H](F)C4)nc3c(F)c(-c4cccc5ccc(F)c(Cl)c45)ncc23)CCN1C(=O)OC(C)(C)C. The first kappa shape index (κ1) is 34.1. The first-order valence-corrected chi connectivity index (χ1v) is 17.1. The maximum absolute atomic E-state index is 16.8. The number of pyridine rings is 1. The lowest BCUT2D eigenvalue weighted by molar-refractivity contribution is 0.0155. The molecule has 0 radical (unpaired) electrons. The lowest BCUT2D eigenvalue weighted by Gasteiger charge is -2.40. The van der Waals surface area contributed by atoms with Gasteiger partial charge in [-0.05, 0) is 51.6 Å². The molecule has 10 nitrogen and oxygen atoms in total. The number of alkyl halides is 1. The molecule has 0 N–H and O–H groups in total. The Morgan fingerprint density at radius 1 is 1.14 bits per heavy atom. The monoisotopic (exact) mass is 707 g/mol. The van der Waals surface area contributed by atoms with Crippen LogP contribution in [-0.2, 0) is 4.74 Å².